The third-order valence-corrected chi connectivity index (χ3v) is 4.25. The van der Waals surface area contributed by atoms with Crippen LogP contribution in [0.15, 0.2) is 36.5 Å². The van der Waals surface area contributed by atoms with Crippen LogP contribution in [0.1, 0.15) is 30.1 Å². The first-order valence-electron chi connectivity index (χ1n) is 7.22. The van der Waals surface area contributed by atoms with Gasteiger partial charge in [0.15, 0.2) is 5.78 Å². The minimum absolute atomic E-state index is 0.153. The quantitative estimate of drug-likeness (QED) is 0.544. The lowest BCUT2D eigenvalue weighted by Gasteiger charge is -2.22. The van der Waals surface area contributed by atoms with Crippen molar-refractivity contribution in [3.63, 3.8) is 0 Å². The van der Waals surface area contributed by atoms with E-state index in [2.05, 4.69) is 0 Å². The van der Waals surface area contributed by atoms with Gasteiger partial charge in [-0.3, -0.25) is 9.10 Å². The number of sulfonamides is 1. The van der Waals surface area contributed by atoms with Gasteiger partial charge in [-0.15, -0.1) is 0 Å². The van der Waals surface area contributed by atoms with Crippen molar-refractivity contribution in [3.8, 4) is 0 Å². The second-order valence-electron chi connectivity index (χ2n) is 5.38. The summed E-state index contributed by atoms with van der Waals surface area (Å²) in [6.07, 6.45) is 5.99. The number of nitrogens with zero attached hydrogens (tertiary/aromatic N) is 2. The Morgan fingerprint density at radius 1 is 1.27 bits per heavy atom. The van der Waals surface area contributed by atoms with E-state index in [0.29, 0.717) is 17.8 Å². The molecule has 0 bridgehead atoms. The Labute approximate surface area is 133 Å². The van der Waals surface area contributed by atoms with Crippen LogP contribution in [0, 0.1) is 0 Å². The molecular weight excluding hydrogens is 300 g/mol. The molecule has 0 unspecified atom stereocenters. The van der Waals surface area contributed by atoms with Crippen LogP contribution in [0.2, 0.25) is 0 Å². The first-order valence-corrected chi connectivity index (χ1v) is 9.07. The van der Waals surface area contributed by atoms with E-state index < -0.39 is 10.0 Å². The van der Waals surface area contributed by atoms with Crippen LogP contribution >= 0.6 is 0 Å². The molecule has 0 fully saturated rings. The fourth-order valence-corrected chi connectivity index (χ4v) is 2.87. The minimum Gasteiger partial charge on any atom is -0.383 e. The predicted molar refractivity (Wildman–Crippen MR) is 90.7 cm³/mol. The number of allylic oxidation sites excluding steroid dienone is 1. The molecular formula is C16H24N2O3S. The number of carbonyl (C=O) groups is 1. The monoisotopic (exact) mass is 324 g/mol. The Morgan fingerprint density at radius 2 is 1.95 bits per heavy atom. The Balaban J connectivity index is 3.10. The van der Waals surface area contributed by atoms with Gasteiger partial charge in [-0.05, 0) is 18.6 Å². The van der Waals surface area contributed by atoms with Crippen LogP contribution in [0.4, 0.5) is 5.69 Å². The molecule has 22 heavy (non-hydrogen) atoms. The van der Waals surface area contributed by atoms with E-state index in [1.165, 1.54) is 16.6 Å². The molecule has 1 aromatic carbocycles. The third kappa shape index (κ3) is 5.52. The second-order valence-corrected chi connectivity index (χ2v) is 7.29. The summed E-state index contributed by atoms with van der Waals surface area (Å²) in [6, 6.07) is 6.73. The van der Waals surface area contributed by atoms with Crippen molar-refractivity contribution in [2.75, 3.05) is 31.2 Å². The molecule has 0 heterocycles. The predicted octanol–water partition coefficient (Wildman–Crippen LogP) is 2.51. The van der Waals surface area contributed by atoms with Crippen molar-refractivity contribution in [2.45, 2.75) is 19.8 Å². The van der Waals surface area contributed by atoms with Crippen LogP contribution in [0.25, 0.3) is 0 Å². The molecule has 0 saturated heterocycles. The molecule has 5 nitrogen and oxygen atoms in total. The van der Waals surface area contributed by atoms with Crippen molar-refractivity contribution in [1.82, 2.24) is 4.90 Å². The van der Waals surface area contributed by atoms with E-state index >= 15 is 0 Å². The van der Waals surface area contributed by atoms with Crippen molar-refractivity contribution < 1.29 is 13.2 Å². The maximum Gasteiger partial charge on any atom is 0.232 e. The number of ketones is 1. The van der Waals surface area contributed by atoms with Crippen molar-refractivity contribution in [1.29, 1.82) is 0 Å². The molecule has 1 aromatic rings. The average molecular weight is 324 g/mol. The van der Waals surface area contributed by atoms with E-state index in [1.807, 2.05) is 21.0 Å². The zero-order chi connectivity index (χ0) is 16.8. The van der Waals surface area contributed by atoms with Crippen LogP contribution in [0.5, 0.6) is 0 Å². The van der Waals surface area contributed by atoms with Gasteiger partial charge in [-0.25, -0.2) is 8.42 Å². The van der Waals surface area contributed by atoms with Gasteiger partial charge in [0.25, 0.3) is 0 Å². The van der Waals surface area contributed by atoms with Gasteiger partial charge in [0.2, 0.25) is 10.0 Å². The average Bonchev–Trinajstić information content (AvgIpc) is 2.44. The molecule has 0 aliphatic heterocycles. The molecule has 0 spiro atoms. The number of anilines is 1. The van der Waals surface area contributed by atoms with E-state index in [1.54, 1.807) is 35.4 Å². The summed E-state index contributed by atoms with van der Waals surface area (Å²) in [7, 11) is 0.297. The molecule has 122 valence electrons. The largest absolute Gasteiger partial charge is 0.383 e. The third-order valence-electron chi connectivity index (χ3n) is 3.06. The molecule has 0 atom stereocenters. The summed E-state index contributed by atoms with van der Waals surface area (Å²) in [6.45, 7) is 2.42. The molecule has 6 heteroatoms. The lowest BCUT2D eigenvalue weighted by Crippen LogP contribution is -2.30. The molecule has 0 aliphatic carbocycles. The number of unbranched alkanes of at least 4 members (excludes halogenated alkanes) is 1. The molecule has 0 radical (unpaired) electrons. The fourth-order valence-electron chi connectivity index (χ4n) is 1.92. The zero-order valence-electron chi connectivity index (χ0n) is 13.6. The van der Waals surface area contributed by atoms with E-state index in [-0.39, 0.29) is 5.78 Å². The second kappa shape index (κ2) is 7.98. The maximum atomic E-state index is 12.1. The summed E-state index contributed by atoms with van der Waals surface area (Å²) in [5.41, 5.74) is 1.00. The summed E-state index contributed by atoms with van der Waals surface area (Å²) in [5, 5.41) is 0. The Hall–Kier alpha value is -1.82. The molecule has 1 rings (SSSR count). The topological polar surface area (TPSA) is 57.7 Å². The van der Waals surface area contributed by atoms with Crippen molar-refractivity contribution in [3.05, 3.63) is 42.1 Å². The lowest BCUT2D eigenvalue weighted by atomic mass is 10.1. The standard InChI is InChI=1S/C16H24N2O3S/c1-5-6-11-18(22(4,20)21)15-9-7-8-14(13-15)16(19)10-12-17(2)3/h7-10,12-13H,5-6,11H2,1-4H3/b12-10+. The number of benzene rings is 1. The van der Waals surface area contributed by atoms with E-state index in [4.69, 9.17) is 0 Å². The normalized spacial score (nSPS) is 11.6. The lowest BCUT2D eigenvalue weighted by molar-refractivity contribution is 0.104. The summed E-state index contributed by atoms with van der Waals surface area (Å²) >= 11 is 0. The summed E-state index contributed by atoms with van der Waals surface area (Å²) < 4.78 is 25.3. The SMILES string of the molecule is CCCCN(c1cccc(C(=O)/C=C/N(C)C)c1)S(C)(=O)=O. The maximum absolute atomic E-state index is 12.1. The Morgan fingerprint density at radius 3 is 2.50 bits per heavy atom. The van der Waals surface area contributed by atoms with Gasteiger partial charge < -0.3 is 4.90 Å². The molecule has 0 aliphatic rings. The van der Waals surface area contributed by atoms with Crippen LogP contribution in [0.3, 0.4) is 0 Å². The van der Waals surface area contributed by atoms with Crippen molar-refractivity contribution >= 4 is 21.5 Å². The van der Waals surface area contributed by atoms with Gasteiger partial charge in [0.1, 0.15) is 0 Å². The van der Waals surface area contributed by atoms with Crippen molar-refractivity contribution in [2.24, 2.45) is 0 Å². The first kappa shape index (κ1) is 18.2. The highest BCUT2D eigenvalue weighted by atomic mass is 32.2. The Kier molecular flexibility index (Phi) is 6.61. The van der Waals surface area contributed by atoms with E-state index in [9.17, 15) is 13.2 Å². The van der Waals surface area contributed by atoms with E-state index in [0.717, 1.165) is 12.8 Å². The number of rotatable bonds is 8. The van der Waals surface area contributed by atoms with Gasteiger partial charge >= 0.3 is 0 Å². The molecule has 0 saturated carbocycles. The zero-order valence-corrected chi connectivity index (χ0v) is 14.4. The highest BCUT2D eigenvalue weighted by Crippen LogP contribution is 2.20. The minimum atomic E-state index is -3.36. The summed E-state index contributed by atoms with van der Waals surface area (Å²) in [4.78, 5) is 13.9. The van der Waals surface area contributed by atoms with Crippen LogP contribution in [-0.2, 0) is 10.0 Å². The van der Waals surface area contributed by atoms with Crippen LogP contribution < -0.4 is 4.31 Å². The van der Waals surface area contributed by atoms with Gasteiger partial charge in [0.05, 0.1) is 11.9 Å². The first-order chi connectivity index (χ1) is 10.3. The number of hydrogen-bond donors (Lipinski definition) is 0. The highest BCUT2D eigenvalue weighted by molar-refractivity contribution is 7.92. The highest BCUT2D eigenvalue weighted by Gasteiger charge is 2.17. The summed E-state index contributed by atoms with van der Waals surface area (Å²) in [5.74, 6) is -0.153. The molecule has 0 N–H and O–H groups in total. The molecule has 0 aromatic heterocycles. The molecule has 0 amide bonds. The van der Waals surface area contributed by atoms with Gasteiger partial charge in [0, 0.05) is 38.5 Å². The van der Waals surface area contributed by atoms with Crippen LogP contribution in [-0.4, -0.2) is 46.0 Å². The Bertz CT molecular complexity index is 637. The number of hydrogen-bond acceptors (Lipinski definition) is 4. The number of carbonyl (C=O) groups excluding carboxylic acids is 1. The smallest absolute Gasteiger partial charge is 0.232 e. The van der Waals surface area contributed by atoms with Gasteiger partial charge in [-0.1, -0.05) is 25.5 Å². The van der Waals surface area contributed by atoms with Gasteiger partial charge in [-0.2, -0.15) is 0 Å². The fraction of sp³-hybridized carbons (Fsp3) is 0.438.